The van der Waals surface area contributed by atoms with E-state index in [9.17, 15) is 9.59 Å². The smallest absolute Gasteiger partial charge is 0.314 e. The van der Waals surface area contributed by atoms with Gasteiger partial charge in [0.2, 0.25) is 0 Å². The molecule has 0 heterocycles. The number of hydrogen-bond donors (Lipinski definition) is 3. The van der Waals surface area contributed by atoms with Gasteiger partial charge in [-0.2, -0.15) is 0 Å². The average molecular weight is 292 g/mol. The lowest BCUT2D eigenvalue weighted by Crippen LogP contribution is -2.39. The summed E-state index contributed by atoms with van der Waals surface area (Å²) in [6.45, 7) is 5.04. The Morgan fingerprint density at radius 1 is 1.10 bits per heavy atom. The van der Waals surface area contributed by atoms with Gasteiger partial charge in [0.1, 0.15) is 0 Å². The number of amides is 2. The molecule has 0 bridgehead atoms. The molecule has 5 heteroatoms. The molecule has 0 aliphatic heterocycles. The average Bonchev–Trinajstić information content (AvgIpc) is 2.49. The molecule has 0 fully saturated rings. The van der Waals surface area contributed by atoms with Gasteiger partial charge in [-0.1, -0.05) is 44.2 Å². The van der Waals surface area contributed by atoms with Crippen molar-refractivity contribution in [2.24, 2.45) is 5.92 Å². The Kier molecular flexibility index (Phi) is 7.29. The van der Waals surface area contributed by atoms with E-state index in [-0.39, 0.29) is 24.3 Å². The van der Waals surface area contributed by atoms with Crippen LogP contribution in [-0.2, 0) is 4.79 Å². The molecular formula is C16H24N2O3. The summed E-state index contributed by atoms with van der Waals surface area (Å²) < 4.78 is 0. The molecule has 0 radical (unpaired) electrons. The summed E-state index contributed by atoms with van der Waals surface area (Å²) in [6, 6.07) is 9.80. The molecule has 2 atom stereocenters. The molecule has 0 spiro atoms. The standard InChI is InChI=1S/C16H24N2O3/c1-12(8-9-15(19)20)10-17-16(21)18-11-13(2)14-6-4-3-5-7-14/h3-7,12-13H,8-11H2,1-2H3,(H,19,20)(H2,17,18,21). The maximum Gasteiger partial charge on any atom is 0.314 e. The summed E-state index contributed by atoms with van der Waals surface area (Å²) in [5, 5.41) is 14.2. The van der Waals surface area contributed by atoms with Crippen LogP contribution in [0.3, 0.4) is 0 Å². The van der Waals surface area contributed by atoms with Gasteiger partial charge in [0, 0.05) is 19.5 Å². The van der Waals surface area contributed by atoms with Crippen molar-refractivity contribution in [2.45, 2.75) is 32.6 Å². The molecule has 0 aliphatic carbocycles. The highest BCUT2D eigenvalue weighted by Crippen LogP contribution is 2.12. The third-order valence-electron chi connectivity index (χ3n) is 3.40. The number of carbonyl (C=O) groups excluding carboxylic acids is 1. The van der Waals surface area contributed by atoms with Gasteiger partial charge in [-0.15, -0.1) is 0 Å². The Labute approximate surface area is 125 Å². The lowest BCUT2D eigenvalue weighted by molar-refractivity contribution is -0.137. The molecule has 21 heavy (non-hydrogen) atoms. The zero-order valence-corrected chi connectivity index (χ0v) is 12.6. The van der Waals surface area contributed by atoms with E-state index >= 15 is 0 Å². The Balaban J connectivity index is 2.20. The van der Waals surface area contributed by atoms with E-state index in [0.29, 0.717) is 19.5 Å². The first-order valence-corrected chi connectivity index (χ1v) is 7.27. The second kappa shape index (κ2) is 9.00. The summed E-state index contributed by atoms with van der Waals surface area (Å²) in [5.41, 5.74) is 1.19. The van der Waals surface area contributed by atoms with Crippen LogP contribution in [0.1, 0.15) is 38.2 Å². The van der Waals surface area contributed by atoms with Crippen LogP contribution in [0.2, 0.25) is 0 Å². The molecule has 0 aliphatic rings. The van der Waals surface area contributed by atoms with Crippen LogP contribution in [0, 0.1) is 5.92 Å². The van der Waals surface area contributed by atoms with Crippen molar-refractivity contribution in [3.8, 4) is 0 Å². The third-order valence-corrected chi connectivity index (χ3v) is 3.40. The predicted molar refractivity (Wildman–Crippen MR) is 82.3 cm³/mol. The van der Waals surface area contributed by atoms with Crippen molar-refractivity contribution >= 4 is 12.0 Å². The second-order valence-electron chi connectivity index (χ2n) is 5.44. The summed E-state index contributed by atoms with van der Waals surface area (Å²) in [4.78, 5) is 22.1. The predicted octanol–water partition coefficient (Wildman–Crippen LogP) is 2.59. The van der Waals surface area contributed by atoms with E-state index in [4.69, 9.17) is 5.11 Å². The van der Waals surface area contributed by atoms with Gasteiger partial charge in [-0.25, -0.2) is 4.79 Å². The summed E-state index contributed by atoms with van der Waals surface area (Å²) in [7, 11) is 0. The van der Waals surface area contributed by atoms with Crippen LogP contribution in [0.5, 0.6) is 0 Å². The fraction of sp³-hybridized carbons (Fsp3) is 0.500. The van der Waals surface area contributed by atoms with Crippen molar-refractivity contribution in [3.05, 3.63) is 35.9 Å². The number of aliphatic carboxylic acids is 1. The molecule has 1 aromatic rings. The molecule has 1 aromatic carbocycles. The van der Waals surface area contributed by atoms with Crippen molar-refractivity contribution in [1.82, 2.24) is 10.6 Å². The molecule has 2 unspecified atom stereocenters. The van der Waals surface area contributed by atoms with Gasteiger partial charge in [-0.05, 0) is 23.8 Å². The Morgan fingerprint density at radius 2 is 1.71 bits per heavy atom. The van der Waals surface area contributed by atoms with Crippen molar-refractivity contribution in [2.75, 3.05) is 13.1 Å². The lowest BCUT2D eigenvalue weighted by Gasteiger charge is -2.15. The van der Waals surface area contributed by atoms with E-state index in [1.165, 1.54) is 5.56 Å². The van der Waals surface area contributed by atoms with Gasteiger partial charge in [0.05, 0.1) is 0 Å². The normalized spacial score (nSPS) is 13.2. The van der Waals surface area contributed by atoms with Crippen LogP contribution in [0.25, 0.3) is 0 Å². The fourth-order valence-corrected chi connectivity index (χ4v) is 1.95. The Morgan fingerprint density at radius 3 is 2.33 bits per heavy atom. The summed E-state index contributed by atoms with van der Waals surface area (Å²) in [6.07, 6.45) is 0.700. The molecule has 2 amide bonds. The van der Waals surface area contributed by atoms with E-state index in [0.717, 1.165) is 0 Å². The van der Waals surface area contributed by atoms with E-state index < -0.39 is 5.97 Å². The van der Waals surface area contributed by atoms with Gasteiger partial charge >= 0.3 is 12.0 Å². The quantitative estimate of drug-likeness (QED) is 0.689. The van der Waals surface area contributed by atoms with Crippen LogP contribution in [0.15, 0.2) is 30.3 Å². The minimum atomic E-state index is -0.803. The van der Waals surface area contributed by atoms with E-state index in [1.54, 1.807) is 0 Å². The number of rotatable bonds is 8. The Hall–Kier alpha value is -2.04. The highest BCUT2D eigenvalue weighted by molar-refractivity contribution is 5.73. The first-order chi connectivity index (χ1) is 9.99. The maximum atomic E-state index is 11.7. The van der Waals surface area contributed by atoms with Crippen LogP contribution in [-0.4, -0.2) is 30.2 Å². The highest BCUT2D eigenvalue weighted by Gasteiger charge is 2.09. The topological polar surface area (TPSA) is 78.4 Å². The highest BCUT2D eigenvalue weighted by atomic mass is 16.4. The van der Waals surface area contributed by atoms with Gasteiger partial charge < -0.3 is 15.7 Å². The molecule has 1 rings (SSSR count). The largest absolute Gasteiger partial charge is 0.481 e. The maximum absolute atomic E-state index is 11.7. The Bertz CT molecular complexity index is 448. The number of benzene rings is 1. The third kappa shape index (κ3) is 7.34. The first kappa shape index (κ1) is 17.0. The van der Waals surface area contributed by atoms with Crippen LogP contribution >= 0.6 is 0 Å². The molecule has 5 nitrogen and oxygen atoms in total. The molecule has 0 aromatic heterocycles. The number of nitrogens with one attached hydrogen (secondary N) is 2. The van der Waals surface area contributed by atoms with E-state index in [2.05, 4.69) is 17.6 Å². The molecule has 0 saturated carbocycles. The second-order valence-corrected chi connectivity index (χ2v) is 5.44. The number of hydrogen-bond acceptors (Lipinski definition) is 2. The lowest BCUT2D eigenvalue weighted by atomic mass is 10.0. The monoisotopic (exact) mass is 292 g/mol. The SMILES string of the molecule is CC(CCC(=O)O)CNC(=O)NCC(C)c1ccccc1. The van der Waals surface area contributed by atoms with Crippen LogP contribution < -0.4 is 10.6 Å². The van der Waals surface area contributed by atoms with Crippen molar-refractivity contribution in [3.63, 3.8) is 0 Å². The summed E-state index contributed by atoms with van der Waals surface area (Å²) >= 11 is 0. The number of carboxylic acids is 1. The van der Waals surface area contributed by atoms with Gasteiger partial charge in [-0.3, -0.25) is 4.79 Å². The fourth-order valence-electron chi connectivity index (χ4n) is 1.95. The molecule has 3 N–H and O–H groups in total. The molecule has 0 saturated heterocycles. The molecule has 116 valence electrons. The van der Waals surface area contributed by atoms with Crippen LogP contribution in [0.4, 0.5) is 4.79 Å². The number of carbonyl (C=O) groups is 2. The van der Waals surface area contributed by atoms with Crippen molar-refractivity contribution in [1.29, 1.82) is 0 Å². The van der Waals surface area contributed by atoms with Crippen molar-refractivity contribution < 1.29 is 14.7 Å². The minimum absolute atomic E-state index is 0.134. The zero-order valence-electron chi connectivity index (χ0n) is 12.6. The minimum Gasteiger partial charge on any atom is -0.481 e. The number of carboxylic acid groups (broad SMARTS) is 1. The first-order valence-electron chi connectivity index (χ1n) is 7.27. The van der Waals surface area contributed by atoms with Gasteiger partial charge in [0.15, 0.2) is 0 Å². The van der Waals surface area contributed by atoms with Gasteiger partial charge in [0.25, 0.3) is 0 Å². The summed E-state index contributed by atoms with van der Waals surface area (Å²) in [5.74, 6) is -0.400. The zero-order chi connectivity index (χ0) is 15.7. The number of urea groups is 1. The van der Waals surface area contributed by atoms with E-state index in [1.807, 2.05) is 37.3 Å². The molecular weight excluding hydrogens is 268 g/mol.